The molecule has 4 rings (SSSR count). The number of aryl methyl sites for hydroxylation is 1. The van der Waals surface area contributed by atoms with Gasteiger partial charge in [0.2, 0.25) is 0 Å². The number of nitrogens with zero attached hydrogens (tertiary/aromatic N) is 6. The van der Waals surface area contributed by atoms with E-state index in [1.165, 1.54) is 0 Å². The van der Waals surface area contributed by atoms with Crippen LogP contribution in [0.3, 0.4) is 0 Å². The van der Waals surface area contributed by atoms with E-state index in [0.29, 0.717) is 25.4 Å². The summed E-state index contributed by atoms with van der Waals surface area (Å²) in [7, 11) is 0.857. The summed E-state index contributed by atoms with van der Waals surface area (Å²) in [5.74, 6) is 0. The highest BCUT2D eigenvalue weighted by atomic mass is 32.1. The summed E-state index contributed by atoms with van der Waals surface area (Å²) in [6, 6.07) is 1.13. The van der Waals surface area contributed by atoms with Crippen LogP contribution in [0.5, 0.6) is 0 Å². The molecule has 0 saturated heterocycles. The summed E-state index contributed by atoms with van der Waals surface area (Å²) >= 11 is 3.15. The predicted molar refractivity (Wildman–Crippen MR) is 147 cm³/mol. The summed E-state index contributed by atoms with van der Waals surface area (Å²) in [5, 5.41) is 20.1. The molecule has 0 bridgehead atoms. The number of hydrazone groups is 1. The van der Waals surface area contributed by atoms with Gasteiger partial charge in [0.05, 0.1) is 27.8 Å². The first-order valence-electron chi connectivity index (χ1n) is 11.6. The van der Waals surface area contributed by atoms with Crippen LogP contribution in [0.2, 0.25) is 25.7 Å². The first-order chi connectivity index (χ1) is 16.7. The normalized spacial score (nSPS) is 16.7. The predicted octanol–water partition coefficient (Wildman–Crippen LogP) is 3.74. The molecule has 0 amide bonds. The van der Waals surface area contributed by atoms with Crippen molar-refractivity contribution in [3.05, 3.63) is 44.6 Å². The molecule has 0 saturated carbocycles. The third-order valence-electron chi connectivity index (χ3n) is 5.71. The summed E-state index contributed by atoms with van der Waals surface area (Å²) in [5.41, 5.74) is 12.3. The maximum absolute atomic E-state index is 11.0. The molecule has 0 aromatic carbocycles. The van der Waals surface area contributed by atoms with E-state index in [-0.39, 0.29) is 0 Å². The van der Waals surface area contributed by atoms with Gasteiger partial charge in [-0.3, -0.25) is 10.0 Å². The molecule has 9 nitrogen and oxygen atoms in total. The Morgan fingerprint density at radius 3 is 2.94 bits per heavy atom. The minimum atomic E-state index is -1.07. The van der Waals surface area contributed by atoms with Crippen molar-refractivity contribution >= 4 is 53.5 Å². The van der Waals surface area contributed by atoms with Crippen molar-refractivity contribution in [1.82, 2.24) is 19.5 Å². The number of aromatic nitrogens is 3. The molecule has 12 heteroatoms. The van der Waals surface area contributed by atoms with Gasteiger partial charge in [-0.25, -0.2) is 9.97 Å². The molecular formula is C23H33N7O2S2Si. The molecule has 0 fully saturated rings. The molecule has 4 heterocycles. The third kappa shape index (κ3) is 6.44. The summed E-state index contributed by atoms with van der Waals surface area (Å²) in [4.78, 5) is 13.4. The number of aliphatic hydroxyl groups is 1. The van der Waals surface area contributed by atoms with Crippen LogP contribution in [0.25, 0.3) is 10.3 Å². The van der Waals surface area contributed by atoms with Crippen LogP contribution in [-0.4, -0.2) is 65.0 Å². The van der Waals surface area contributed by atoms with E-state index < -0.39 is 14.3 Å². The lowest BCUT2D eigenvalue weighted by atomic mass is 10.2. The van der Waals surface area contributed by atoms with E-state index in [2.05, 4.69) is 34.7 Å². The Morgan fingerprint density at radius 2 is 2.20 bits per heavy atom. The zero-order valence-corrected chi connectivity index (χ0v) is 23.3. The maximum atomic E-state index is 11.0. The quantitative estimate of drug-likeness (QED) is 0.221. The number of thiazole rings is 2. The molecule has 3 aromatic heterocycles. The minimum Gasteiger partial charge on any atom is -0.402 e. The number of hydrogen-bond acceptors (Lipinski definition) is 10. The van der Waals surface area contributed by atoms with Crippen molar-refractivity contribution in [2.24, 2.45) is 22.9 Å². The molecular weight excluding hydrogens is 499 g/mol. The summed E-state index contributed by atoms with van der Waals surface area (Å²) in [6.07, 6.45) is 5.76. The maximum Gasteiger partial charge on any atom is 0.184 e. The Hall–Kier alpha value is -2.38. The Labute approximate surface area is 214 Å². The molecule has 1 unspecified atom stereocenters. The number of ether oxygens (including phenoxy) is 1. The van der Waals surface area contributed by atoms with Crippen LogP contribution in [-0.2, 0) is 24.6 Å². The fourth-order valence-corrected chi connectivity index (χ4v) is 6.21. The number of fused-ring (bicyclic) bond motifs is 3. The zero-order chi connectivity index (χ0) is 25.0. The molecule has 0 radical (unpaired) electrons. The molecule has 1 aliphatic rings. The molecule has 188 valence electrons. The fourth-order valence-electron chi connectivity index (χ4n) is 3.71. The smallest absolute Gasteiger partial charge is 0.184 e. The highest BCUT2D eigenvalue weighted by Crippen LogP contribution is 2.36. The van der Waals surface area contributed by atoms with E-state index in [4.69, 9.17) is 15.5 Å². The highest BCUT2D eigenvalue weighted by Gasteiger charge is 2.30. The van der Waals surface area contributed by atoms with Gasteiger partial charge in [0.15, 0.2) is 11.9 Å². The van der Waals surface area contributed by atoms with Crippen LogP contribution in [0.15, 0.2) is 32.8 Å². The monoisotopic (exact) mass is 531 g/mol. The molecule has 0 spiro atoms. The van der Waals surface area contributed by atoms with Gasteiger partial charge in [-0.05, 0) is 12.1 Å². The second-order valence-corrected chi connectivity index (χ2v) is 17.2. The Kier molecular flexibility index (Phi) is 8.17. The second kappa shape index (κ2) is 11.1. The lowest BCUT2D eigenvalue weighted by Crippen LogP contribution is -2.31. The first-order valence-corrected chi connectivity index (χ1v) is 17.1. The molecule has 3 N–H and O–H groups in total. The molecule has 1 aliphatic heterocycles. The minimum absolute atomic E-state index is 0.351. The van der Waals surface area contributed by atoms with Crippen molar-refractivity contribution in [1.29, 1.82) is 0 Å². The largest absolute Gasteiger partial charge is 0.402 e. The van der Waals surface area contributed by atoms with Gasteiger partial charge in [-0.15, -0.1) is 22.7 Å². The average Bonchev–Trinajstić information content (AvgIpc) is 3.51. The van der Waals surface area contributed by atoms with E-state index >= 15 is 0 Å². The lowest BCUT2D eigenvalue weighted by molar-refractivity contribution is -0.00344. The van der Waals surface area contributed by atoms with Gasteiger partial charge >= 0.3 is 0 Å². The van der Waals surface area contributed by atoms with Crippen LogP contribution >= 0.6 is 22.7 Å². The number of rotatable bonds is 11. The molecule has 0 aliphatic carbocycles. The van der Waals surface area contributed by atoms with Crippen molar-refractivity contribution < 1.29 is 9.84 Å². The first kappa shape index (κ1) is 25.7. The van der Waals surface area contributed by atoms with Crippen molar-refractivity contribution in [3.63, 3.8) is 0 Å². The Morgan fingerprint density at radius 1 is 1.37 bits per heavy atom. The van der Waals surface area contributed by atoms with Crippen LogP contribution in [0, 0.1) is 0 Å². The van der Waals surface area contributed by atoms with Gasteiger partial charge in [-0.2, -0.15) is 5.10 Å². The van der Waals surface area contributed by atoms with E-state index in [9.17, 15) is 5.11 Å². The van der Waals surface area contributed by atoms with Gasteiger partial charge < -0.3 is 20.1 Å². The van der Waals surface area contributed by atoms with Crippen molar-refractivity contribution in [3.8, 4) is 0 Å². The number of nitrogens with two attached hydrogens (primary N) is 1. The fraction of sp³-hybridized carbons (Fsp3) is 0.478. The standard InChI is InChI=1S/C23H33N7O2S2Si/c1-29-20-18(12-27-30(23(20)31)8-6-17-13-33-15-26-17)21-22(29)28-19(34-21)11-16(24)5-7-25-14-32-9-10-35(2,3)4/h5,7,12-13,15,23,31H,6,8-11,14,24H2,1-4H3. The zero-order valence-electron chi connectivity index (χ0n) is 20.6. The highest BCUT2D eigenvalue weighted by molar-refractivity contribution is 7.19. The van der Waals surface area contributed by atoms with E-state index in [1.807, 2.05) is 28.7 Å². The van der Waals surface area contributed by atoms with Crippen LogP contribution in [0.1, 0.15) is 28.2 Å². The summed E-state index contributed by atoms with van der Waals surface area (Å²) < 4.78 is 8.53. The molecule has 35 heavy (non-hydrogen) atoms. The Bertz CT molecular complexity index is 1230. The van der Waals surface area contributed by atoms with Gasteiger partial charge in [0, 0.05) is 64.0 Å². The number of hydrogen-bond donors (Lipinski definition) is 2. The van der Waals surface area contributed by atoms with Gasteiger partial charge in [-0.1, -0.05) is 19.6 Å². The number of aliphatic hydroxyl groups excluding tert-OH is 1. The van der Waals surface area contributed by atoms with Crippen LogP contribution in [0.4, 0.5) is 0 Å². The van der Waals surface area contributed by atoms with Crippen LogP contribution < -0.4 is 5.73 Å². The van der Waals surface area contributed by atoms with E-state index in [1.54, 1.807) is 40.0 Å². The van der Waals surface area contributed by atoms with Crippen molar-refractivity contribution in [2.45, 2.75) is 44.8 Å². The molecule has 3 aromatic rings. The SMILES string of the molecule is Cn1c2c(c3sc(CC(N)=CC=NCOCC[Si](C)(C)C)nc31)C=NN(CCc1cscn1)C2O. The summed E-state index contributed by atoms with van der Waals surface area (Å²) in [6.45, 7) is 8.68. The number of aliphatic imine (C=N–C) groups is 1. The third-order valence-corrected chi connectivity index (χ3v) is 9.12. The average molecular weight is 532 g/mol. The lowest BCUT2D eigenvalue weighted by Gasteiger charge is -2.28. The molecule has 1 atom stereocenters. The topological polar surface area (TPSA) is 114 Å². The second-order valence-electron chi connectivity index (χ2n) is 9.73. The van der Waals surface area contributed by atoms with Crippen molar-refractivity contribution in [2.75, 3.05) is 19.9 Å². The van der Waals surface area contributed by atoms with E-state index in [0.717, 1.165) is 51.4 Å². The number of allylic oxidation sites excluding steroid dienone is 2. The van der Waals surface area contributed by atoms with Gasteiger partial charge in [0.1, 0.15) is 11.7 Å². The van der Waals surface area contributed by atoms with Gasteiger partial charge in [0.25, 0.3) is 0 Å². The Balaban J connectivity index is 1.36.